The first kappa shape index (κ1) is 13.0. The molecule has 7 heteroatoms. The molecule has 0 bridgehead atoms. The molecule has 0 spiro atoms. The third-order valence-electron chi connectivity index (χ3n) is 2.28. The first-order chi connectivity index (χ1) is 8.49. The molecule has 0 aliphatic carbocycles. The van der Waals surface area contributed by atoms with E-state index in [0.717, 1.165) is 17.0 Å². The second-order valence-electron chi connectivity index (χ2n) is 3.59. The maximum atomic E-state index is 13.0. The Hall–Kier alpha value is -1.44. The molecule has 2 aromatic rings. The highest BCUT2D eigenvalue weighted by Crippen LogP contribution is 2.19. The van der Waals surface area contributed by atoms with E-state index in [9.17, 15) is 12.8 Å². The minimum atomic E-state index is -3.80. The lowest BCUT2D eigenvalue weighted by Crippen LogP contribution is -2.23. The number of anilines is 1. The van der Waals surface area contributed by atoms with E-state index in [0.29, 0.717) is 0 Å². The van der Waals surface area contributed by atoms with E-state index >= 15 is 0 Å². The van der Waals surface area contributed by atoms with Crippen LogP contribution in [0.5, 0.6) is 0 Å². The molecular formula is C11H11FN2O2S2. The fourth-order valence-electron chi connectivity index (χ4n) is 1.40. The summed E-state index contributed by atoms with van der Waals surface area (Å²) < 4.78 is 39.3. The van der Waals surface area contributed by atoms with Gasteiger partial charge in [0, 0.05) is 11.4 Å². The van der Waals surface area contributed by atoms with Crippen LogP contribution >= 0.6 is 11.3 Å². The lowest BCUT2D eigenvalue weighted by molar-refractivity contribution is 0.578. The van der Waals surface area contributed by atoms with Gasteiger partial charge in [0.15, 0.2) is 0 Å². The predicted molar refractivity (Wildman–Crippen MR) is 69.2 cm³/mol. The fourth-order valence-corrected chi connectivity index (χ4v) is 3.28. The van der Waals surface area contributed by atoms with Crippen LogP contribution in [0.25, 0.3) is 0 Å². The van der Waals surface area contributed by atoms with Crippen molar-refractivity contribution in [2.24, 2.45) is 0 Å². The lowest BCUT2D eigenvalue weighted by atomic mass is 10.3. The van der Waals surface area contributed by atoms with Crippen LogP contribution in [0.2, 0.25) is 0 Å². The minimum absolute atomic E-state index is 0.0232. The molecule has 0 fully saturated rings. The minimum Gasteiger partial charge on any atom is -0.398 e. The molecule has 1 heterocycles. The van der Waals surface area contributed by atoms with Crippen LogP contribution in [0, 0.1) is 5.82 Å². The summed E-state index contributed by atoms with van der Waals surface area (Å²) in [6.07, 6.45) is 0. The number of sulfonamides is 1. The number of nitrogens with one attached hydrogen (secondary N) is 1. The largest absolute Gasteiger partial charge is 0.398 e. The van der Waals surface area contributed by atoms with Crippen molar-refractivity contribution in [2.75, 3.05) is 5.73 Å². The molecule has 18 heavy (non-hydrogen) atoms. The Morgan fingerprint density at radius 1 is 1.33 bits per heavy atom. The van der Waals surface area contributed by atoms with E-state index in [2.05, 4.69) is 4.72 Å². The predicted octanol–water partition coefficient (Wildman–Crippen LogP) is 1.95. The quantitative estimate of drug-likeness (QED) is 0.844. The number of rotatable bonds is 4. The van der Waals surface area contributed by atoms with Crippen molar-refractivity contribution in [3.05, 3.63) is 46.4 Å². The van der Waals surface area contributed by atoms with Crippen molar-refractivity contribution in [1.29, 1.82) is 0 Å². The monoisotopic (exact) mass is 286 g/mol. The van der Waals surface area contributed by atoms with Crippen molar-refractivity contribution >= 4 is 27.0 Å². The summed E-state index contributed by atoms with van der Waals surface area (Å²) >= 11 is 1.43. The second kappa shape index (κ2) is 5.05. The SMILES string of the molecule is Nc1ccc(F)cc1S(=O)(=O)NCc1cccs1. The van der Waals surface area contributed by atoms with Crippen LogP contribution in [-0.4, -0.2) is 8.42 Å². The van der Waals surface area contributed by atoms with Crippen LogP contribution in [0.1, 0.15) is 4.88 Å². The van der Waals surface area contributed by atoms with Crippen molar-refractivity contribution in [2.45, 2.75) is 11.4 Å². The van der Waals surface area contributed by atoms with Gasteiger partial charge >= 0.3 is 0 Å². The number of nitrogen functional groups attached to an aromatic ring is 1. The molecule has 0 saturated carbocycles. The average Bonchev–Trinajstić information content (AvgIpc) is 2.83. The standard InChI is InChI=1S/C11H11FN2O2S2/c12-8-3-4-10(13)11(6-8)18(15,16)14-7-9-2-1-5-17-9/h1-6,14H,7,13H2. The van der Waals surface area contributed by atoms with E-state index in [1.54, 1.807) is 0 Å². The molecule has 0 amide bonds. The summed E-state index contributed by atoms with van der Waals surface area (Å²) in [4.78, 5) is 0.632. The van der Waals surface area contributed by atoms with Crippen LogP contribution in [0.4, 0.5) is 10.1 Å². The average molecular weight is 286 g/mol. The summed E-state index contributed by atoms with van der Waals surface area (Å²) in [5, 5.41) is 1.85. The number of hydrogen-bond acceptors (Lipinski definition) is 4. The van der Waals surface area contributed by atoms with Gasteiger partial charge in [0.2, 0.25) is 10.0 Å². The van der Waals surface area contributed by atoms with Gasteiger partial charge in [-0.2, -0.15) is 0 Å². The molecule has 1 aromatic heterocycles. The maximum Gasteiger partial charge on any atom is 0.243 e. The summed E-state index contributed by atoms with van der Waals surface area (Å²) in [6, 6.07) is 6.89. The van der Waals surface area contributed by atoms with Crippen LogP contribution in [0.15, 0.2) is 40.6 Å². The number of nitrogens with two attached hydrogens (primary N) is 1. The van der Waals surface area contributed by atoms with Gasteiger partial charge in [-0.1, -0.05) is 6.07 Å². The van der Waals surface area contributed by atoms with E-state index < -0.39 is 15.8 Å². The molecule has 2 rings (SSSR count). The van der Waals surface area contributed by atoms with Gasteiger partial charge in [-0.15, -0.1) is 11.3 Å². The van der Waals surface area contributed by atoms with Crippen molar-refractivity contribution in [3.8, 4) is 0 Å². The first-order valence-corrected chi connectivity index (χ1v) is 7.42. The van der Waals surface area contributed by atoms with Gasteiger partial charge in [-0.05, 0) is 29.6 Å². The molecule has 3 N–H and O–H groups in total. The maximum absolute atomic E-state index is 13.0. The number of thiophene rings is 1. The van der Waals surface area contributed by atoms with Crippen LogP contribution in [-0.2, 0) is 16.6 Å². The molecule has 0 aliphatic rings. The molecule has 0 atom stereocenters. The van der Waals surface area contributed by atoms with Gasteiger partial charge in [0.1, 0.15) is 10.7 Å². The number of hydrogen-bond donors (Lipinski definition) is 2. The summed E-state index contributed by atoms with van der Waals surface area (Å²) in [5.41, 5.74) is 5.56. The normalized spacial score (nSPS) is 11.6. The van der Waals surface area contributed by atoms with Gasteiger partial charge in [0.05, 0.1) is 5.69 Å². The van der Waals surface area contributed by atoms with E-state index in [1.165, 1.54) is 17.4 Å². The van der Waals surface area contributed by atoms with E-state index in [4.69, 9.17) is 5.73 Å². The Morgan fingerprint density at radius 3 is 2.78 bits per heavy atom. The second-order valence-corrected chi connectivity index (χ2v) is 6.35. The Balaban J connectivity index is 2.22. The van der Waals surface area contributed by atoms with Crippen molar-refractivity contribution < 1.29 is 12.8 Å². The zero-order valence-corrected chi connectivity index (χ0v) is 10.9. The molecule has 0 saturated heterocycles. The van der Waals surface area contributed by atoms with Gasteiger partial charge in [-0.25, -0.2) is 17.5 Å². The third kappa shape index (κ3) is 2.87. The zero-order chi connectivity index (χ0) is 13.2. The molecular weight excluding hydrogens is 275 g/mol. The highest BCUT2D eigenvalue weighted by Gasteiger charge is 2.18. The van der Waals surface area contributed by atoms with E-state index in [1.807, 2.05) is 17.5 Å². The summed E-state index contributed by atoms with van der Waals surface area (Å²) in [6.45, 7) is 0.163. The van der Waals surface area contributed by atoms with Crippen LogP contribution < -0.4 is 10.5 Å². The Morgan fingerprint density at radius 2 is 2.11 bits per heavy atom. The molecule has 1 aromatic carbocycles. The molecule has 0 radical (unpaired) electrons. The summed E-state index contributed by atoms with van der Waals surface area (Å²) in [7, 11) is -3.80. The van der Waals surface area contributed by atoms with Crippen molar-refractivity contribution in [3.63, 3.8) is 0 Å². The van der Waals surface area contributed by atoms with Crippen molar-refractivity contribution in [1.82, 2.24) is 4.72 Å². The lowest BCUT2D eigenvalue weighted by Gasteiger charge is -2.08. The Kier molecular flexibility index (Phi) is 3.65. The summed E-state index contributed by atoms with van der Waals surface area (Å²) in [5.74, 6) is -0.638. The van der Waals surface area contributed by atoms with Gasteiger partial charge in [0.25, 0.3) is 0 Å². The third-order valence-corrected chi connectivity index (χ3v) is 4.61. The highest BCUT2D eigenvalue weighted by molar-refractivity contribution is 7.89. The fraction of sp³-hybridized carbons (Fsp3) is 0.0909. The van der Waals surface area contributed by atoms with Gasteiger partial charge in [-0.3, -0.25) is 0 Å². The first-order valence-electron chi connectivity index (χ1n) is 5.06. The smallest absolute Gasteiger partial charge is 0.243 e. The molecule has 0 unspecified atom stereocenters. The van der Waals surface area contributed by atoms with E-state index in [-0.39, 0.29) is 17.1 Å². The number of benzene rings is 1. The van der Waals surface area contributed by atoms with Gasteiger partial charge < -0.3 is 5.73 Å². The number of halogens is 1. The van der Waals surface area contributed by atoms with Crippen LogP contribution in [0.3, 0.4) is 0 Å². The highest BCUT2D eigenvalue weighted by atomic mass is 32.2. The topological polar surface area (TPSA) is 72.2 Å². The Labute approximate surface area is 108 Å². The molecule has 4 nitrogen and oxygen atoms in total. The Bertz CT molecular complexity index is 639. The zero-order valence-electron chi connectivity index (χ0n) is 9.26. The molecule has 96 valence electrons. The molecule has 0 aliphatic heterocycles.